The van der Waals surface area contributed by atoms with Gasteiger partial charge in [-0.2, -0.15) is 5.26 Å². The van der Waals surface area contributed by atoms with Crippen LogP contribution in [0.1, 0.15) is 37.7 Å². The number of hydrogen-bond donors (Lipinski definition) is 1. The van der Waals surface area contributed by atoms with Crippen LogP contribution in [-0.4, -0.2) is 32.0 Å². The molecule has 0 atom stereocenters. The maximum atomic E-state index is 12.7. The van der Waals surface area contributed by atoms with Gasteiger partial charge >= 0.3 is 0 Å². The maximum Gasteiger partial charge on any atom is 0.231 e. The van der Waals surface area contributed by atoms with Crippen LogP contribution >= 0.6 is 11.8 Å². The number of nitrogens with zero attached hydrogens (tertiary/aromatic N) is 4. The van der Waals surface area contributed by atoms with E-state index in [9.17, 15) is 10.1 Å². The van der Waals surface area contributed by atoms with Gasteiger partial charge in [-0.25, -0.2) is 0 Å². The molecule has 158 valence electrons. The minimum Gasteiger partial charge on any atom is -0.337 e. The van der Waals surface area contributed by atoms with E-state index in [4.69, 9.17) is 0 Å². The smallest absolute Gasteiger partial charge is 0.231 e. The number of rotatable bonds is 6. The first-order valence-electron chi connectivity index (χ1n) is 10.5. The molecule has 31 heavy (non-hydrogen) atoms. The highest BCUT2D eigenvalue weighted by atomic mass is 32.2. The molecular formula is C24H25N5OS. The number of carbonyl (C=O) groups excluding carboxylic acids is 1. The Bertz CT molecular complexity index is 1080. The molecule has 0 saturated heterocycles. The molecule has 6 nitrogen and oxygen atoms in total. The lowest BCUT2D eigenvalue weighted by Gasteiger charge is -2.31. The van der Waals surface area contributed by atoms with Gasteiger partial charge < -0.3 is 5.32 Å². The van der Waals surface area contributed by atoms with Crippen LogP contribution in [0.25, 0.3) is 17.1 Å². The van der Waals surface area contributed by atoms with E-state index < -0.39 is 5.54 Å². The number of benzene rings is 2. The second-order valence-corrected chi connectivity index (χ2v) is 8.88. The normalized spacial score (nSPS) is 15.2. The monoisotopic (exact) mass is 431 g/mol. The third-order valence-electron chi connectivity index (χ3n) is 5.59. The average Bonchev–Trinajstić information content (AvgIpc) is 3.23. The van der Waals surface area contributed by atoms with Crippen molar-refractivity contribution >= 4 is 17.7 Å². The number of nitriles is 1. The molecule has 1 heterocycles. The molecule has 1 N–H and O–H groups in total. The van der Waals surface area contributed by atoms with E-state index in [1.807, 2.05) is 66.1 Å². The van der Waals surface area contributed by atoms with E-state index in [0.29, 0.717) is 5.16 Å². The molecular weight excluding hydrogens is 406 g/mol. The molecule has 4 rings (SSSR count). The molecule has 3 aromatic rings. The first-order chi connectivity index (χ1) is 15.1. The number of aromatic nitrogens is 3. The Morgan fingerprint density at radius 3 is 2.48 bits per heavy atom. The Morgan fingerprint density at radius 1 is 1.10 bits per heavy atom. The summed E-state index contributed by atoms with van der Waals surface area (Å²) in [4.78, 5) is 12.7. The Kier molecular flexibility index (Phi) is 6.38. The predicted molar refractivity (Wildman–Crippen MR) is 122 cm³/mol. The minimum atomic E-state index is -0.726. The number of nitrogens with one attached hydrogen (secondary N) is 1. The summed E-state index contributed by atoms with van der Waals surface area (Å²) >= 11 is 1.34. The lowest BCUT2D eigenvalue weighted by atomic mass is 9.83. The van der Waals surface area contributed by atoms with Crippen LogP contribution in [0.3, 0.4) is 0 Å². The fraction of sp³-hybridized carbons (Fsp3) is 0.333. The zero-order valence-electron chi connectivity index (χ0n) is 17.5. The average molecular weight is 432 g/mol. The summed E-state index contributed by atoms with van der Waals surface area (Å²) in [5.74, 6) is 0.767. The molecule has 1 fully saturated rings. The number of carbonyl (C=O) groups is 1. The third-order valence-corrected chi connectivity index (χ3v) is 6.52. The van der Waals surface area contributed by atoms with Crippen molar-refractivity contribution in [3.05, 3.63) is 60.2 Å². The van der Waals surface area contributed by atoms with Crippen LogP contribution in [0.2, 0.25) is 0 Å². The zero-order valence-corrected chi connectivity index (χ0v) is 18.4. The largest absolute Gasteiger partial charge is 0.337 e. The second kappa shape index (κ2) is 9.36. The van der Waals surface area contributed by atoms with Crippen molar-refractivity contribution in [2.75, 3.05) is 5.75 Å². The van der Waals surface area contributed by atoms with Gasteiger partial charge in [0.05, 0.1) is 11.8 Å². The second-order valence-electron chi connectivity index (χ2n) is 7.93. The van der Waals surface area contributed by atoms with Gasteiger partial charge in [0.2, 0.25) is 5.91 Å². The molecule has 0 bridgehead atoms. The van der Waals surface area contributed by atoms with Crippen LogP contribution in [0.4, 0.5) is 0 Å². The van der Waals surface area contributed by atoms with Crippen molar-refractivity contribution in [3.63, 3.8) is 0 Å². The quantitative estimate of drug-likeness (QED) is 0.573. The fourth-order valence-corrected chi connectivity index (χ4v) is 4.67. The predicted octanol–water partition coefficient (Wildman–Crippen LogP) is 4.68. The van der Waals surface area contributed by atoms with E-state index in [0.717, 1.165) is 49.2 Å². The summed E-state index contributed by atoms with van der Waals surface area (Å²) in [6.45, 7) is 2.05. The molecule has 1 aliphatic rings. The summed E-state index contributed by atoms with van der Waals surface area (Å²) in [6, 6.07) is 20.4. The maximum absolute atomic E-state index is 12.7. The number of hydrogen-bond acceptors (Lipinski definition) is 5. The highest BCUT2D eigenvalue weighted by molar-refractivity contribution is 7.99. The lowest BCUT2D eigenvalue weighted by molar-refractivity contribution is -0.120. The first-order valence-corrected chi connectivity index (χ1v) is 11.5. The molecule has 0 aliphatic heterocycles. The highest BCUT2D eigenvalue weighted by Crippen LogP contribution is 2.30. The van der Waals surface area contributed by atoms with Crippen molar-refractivity contribution < 1.29 is 4.79 Å². The van der Waals surface area contributed by atoms with E-state index in [1.54, 1.807) is 0 Å². The van der Waals surface area contributed by atoms with Gasteiger partial charge in [-0.05, 0) is 31.9 Å². The number of aryl methyl sites for hydroxylation is 1. The van der Waals surface area contributed by atoms with Gasteiger partial charge in [0, 0.05) is 11.3 Å². The van der Waals surface area contributed by atoms with E-state index in [2.05, 4.69) is 21.6 Å². The molecule has 1 saturated carbocycles. The lowest BCUT2D eigenvalue weighted by Crippen LogP contribution is -2.49. The Balaban J connectivity index is 1.57. The molecule has 1 aromatic heterocycles. The summed E-state index contributed by atoms with van der Waals surface area (Å²) in [5, 5.41) is 22.0. The minimum absolute atomic E-state index is 0.145. The van der Waals surface area contributed by atoms with E-state index >= 15 is 0 Å². The van der Waals surface area contributed by atoms with Gasteiger partial charge in [0.25, 0.3) is 0 Å². The van der Waals surface area contributed by atoms with Gasteiger partial charge in [0.15, 0.2) is 11.0 Å². The summed E-state index contributed by atoms with van der Waals surface area (Å²) in [6.07, 6.45) is 4.51. The SMILES string of the molecule is Cc1ccc(-n2c(SCC(=O)NC3(C#N)CCCCC3)nnc2-c2ccccc2)cc1. The van der Waals surface area contributed by atoms with E-state index in [-0.39, 0.29) is 11.7 Å². The van der Waals surface area contributed by atoms with Crippen molar-refractivity contribution in [2.45, 2.75) is 49.7 Å². The van der Waals surface area contributed by atoms with Gasteiger partial charge in [0.1, 0.15) is 5.54 Å². The molecule has 7 heteroatoms. The Morgan fingerprint density at radius 2 is 1.81 bits per heavy atom. The Labute approximate surface area is 186 Å². The molecule has 1 aliphatic carbocycles. The van der Waals surface area contributed by atoms with Gasteiger partial charge in [-0.1, -0.05) is 79.1 Å². The topological polar surface area (TPSA) is 83.6 Å². The van der Waals surface area contributed by atoms with Crippen molar-refractivity contribution in [1.82, 2.24) is 20.1 Å². The first kappa shape index (κ1) is 21.1. The zero-order chi connectivity index (χ0) is 21.7. The fourth-order valence-electron chi connectivity index (χ4n) is 3.92. The van der Waals surface area contributed by atoms with Crippen LogP contribution in [0.5, 0.6) is 0 Å². The van der Waals surface area contributed by atoms with E-state index in [1.165, 1.54) is 17.3 Å². The van der Waals surface area contributed by atoms with Crippen LogP contribution < -0.4 is 5.32 Å². The molecule has 1 amide bonds. The van der Waals surface area contributed by atoms with Crippen LogP contribution in [0, 0.1) is 18.3 Å². The summed E-state index contributed by atoms with van der Waals surface area (Å²) < 4.78 is 1.98. The van der Waals surface area contributed by atoms with Crippen molar-refractivity contribution in [2.24, 2.45) is 0 Å². The Hall–Kier alpha value is -3.11. The number of amides is 1. The molecule has 0 radical (unpaired) electrons. The standard InChI is InChI=1S/C24H25N5OS/c1-18-10-12-20(13-11-18)29-22(19-8-4-2-5-9-19)27-28-23(29)31-16-21(30)26-24(17-25)14-6-3-7-15-24/h2,4-5,8-13H,3,6-7,14-16H2,1H3,(H,26,30). The summed E-state index contributed by atoms with van der Waals surface area (Å²) in [5.41, 5.74) is 2.34. The van der Waals surface area contributed by atoms with Crippen molar-refractivity contribution in [1.29, 1.82) is 5.26 Å². The summed E-state index contributed by atoms with van der Waals surface area (Å²) in [7, 11) is 0. The van der Waals surface area contributed by atoms with Gasteiger partial charge in [-0.15, -0.1) is 10.2 Å². The third kappa shape index (κ3) is 4.80. The van der Waals surface area contributed by atoms with Crippen LogP contribution in [-0.2, 0) is 4.79 Å². The van der Waals surface area contributed by atoms with Crippen LogP contribution in [0.15, 0.2) is 59.8 Å². The molecule has 2 aromatic carbocycles. The molecule has 0 spiro atoms. The number of thioether (sulfide) groups is 1. The molecule has 0 unspecified atom stereocenters. The highest BCUT2D eigenvalue weighted by Gasteiger charge is 2.33. The van der Waals surface area contributed by atoms with Crippen molar-refractivity contribution in [3.8, 4) is 23.1 Å². The van der Waals surface area contributed by atoms with Gasteiger partial charge in [-0.3, -0.25) is 9.36 Å².